The maximum Gasteiger partial charge on any atom is 0.185 e. The van der Waals surface area contributed by atoms with E-state index < -0.39 is 0 Å². The molecule has 0 radical (unpaired) electrons. The van der Waals surface area contributed by atoms with Crippen molar-refractivity contribution in [3.8, 4) is 0 Å². The highest BCUT2D eigenvalue weighted by molar-refractivity contribution is 6.06. The minimum atomic E-state index is 0.0212. The molecule has 1 atom stereocenters. The molecule has 0 aliphatic heterocycles. The second-order valence-corrected chi connectivity index (χ2v) is 6.57. The molecule has 4 rings (SSSR count). The normalized spacial score (nSPS) is 15.9. The largest absolute Gasteiger partial charge is 0.289 e. The predicted octanol–water partition coefficient (Wildman–Crippen LogP) is 6.32. The Labute approximate surface area is 160 Å². The number of hydrogen-bond acceptors (Lipinski definition) is 1. The smallest absolute Gasteiger partial charge is 0.185 e. The van der Waals surface area contributed by atoms with Gasteiger partial charge in [-0.1, -0.05) is 109 Å². The topological polar surface area (TPSA) is 17.1 Å². The first kappa shape index (κ1) is 17.0. The van der Waals surface area contributed by atoms with Gasteiger partial charge < -0.3 is 0 Å². The summed E-state index contributed by atoms with van der Waals surface area (Å²) in [6, 6.07) is 28.0. The summed E-state index contributed by atoms with van der Waals surface area (Å²) < 4.78 is 0. The molecule has 0 spiro atoms. The first-order valence-electron chi connectivity index (χ1n) is 9.13. The highest BCUT2D eigenvalue weighted by atomic mass is 16.1. The van der Waals surface area contributed by atoms with E-state index in [1.54, 1.807) is 6.08 Å². The third-order valence-corrected chi connectivity index (χ3v) is 4.78. The van der Waals surface area contributed by atoms with Crippen LogP contribution in [0.15, 0.2) is 109 Å². The highest BCUT2D eigenvalue weighted by Gasteiger charge is 2.15. The van der Waals surface area contributed by atoms with Crippen LogP contribution in [-0.4, -0.2) is 5.78 Å². The lowest BCUT2D eigenvalue weighted by atomic mass is 9.94. The van der Waals surface area contributed by atoms with Crippen LogP contribution in [0.1, 0.15) is 33.0 Å². The van der Waals surface area contributed by atoms with Crippen molar-refractivity contribution in [3.05, 3.63) is 131 Å². The summed E-state index contributed by atoms with van der Waals surface area (Å²) in [7, 11) is 0. The van der Waals surface area contributed by atoms with Gasteiger partial charge in [-0.2, -0.15) is 0 Å². The summed E-state index contributed by atoms with van der Waals surface area (Å²) in [4.78, 5) is 12.4. The third-order valence-electron chi connectivity index (χ3n) is 4.78. The van der Waals surface area contributed by atoms with Gasteiger partial charge in [0.05, 0.1) is 0 Å². The molecule has 0 fully saturated rings. The zero-order valence-corrected chi connectivity index (χ0v) is 15.0. The molecular weight excluding hydrogens is 328 g/mol. The Kier molecular flexibility index (Phi) is 4.93. The molecule has 0 bridgehead atoms. The van der Waals surface area contributed by atoms with Crippen LogP contribution >= 0.6 is 0 Å². The minimum Gasteiger partial charge on any atom is -0.289 e. The van der Waals surface area contributed by atoms with Crippen molar-refractivity contribution in [2.24, 2.45) is 0 Å². The SMILES string of the molecule is O=C(C=Cc1ccccc1C1C=CC(c2ccccc2)=C1)c1ccccc1. The quantitative estimate of drug-likeness (QED) is 0.389. The van der Waals surface area contributed by atoms with Crippen molar-refractivity contribution >= 4 is 17.4 Å². The summed E-state index contributed by atoms with van der Waals surface area (Å²) in [5.41, 5.74) is 5.44. The van der Waals surface area contributed by atoms with E-state index in [1.807, 2.05) is 54.6 Å². The van der Waals surface area contributed by atoms with E-state index in [9.17, 15) is 4.79 Å². The Morgan fingerprint density at radius 3 is 2.22 bits per heavy atom. The van der Waals surface area contributed by atoms with Gasteiger partial charge in [0.1, 0.15) is 0 Å². The minimum absolute atomic E-state index is 0.0212. The summed E-state index contributed by atoms with van der Waals surface area (Å²) in [6.45, 7) is 0. The predicted molar refractivity (Wildman–Crippen MR) is 113 cm³/mol. The molecule has 27 heavy (non-hydrogen) atoms. The first-order chi connectivity index (χ1) is 13.3. The standard InChI is InChI=1S/C26H20O/c27-26(22-12-5-2-6-13-22)18-17-21-11-7-8-14-25(21)24-16-15-23(19-24)20-9-3-1-4-10-20/h1-19,24H. The van der Waals surface area contributed by atoms with Gasteiger partial charge in [-0.05, 0) is 28.3 Å². The van der Waals surface area contributed by atoms with E-state index >= 15 is 0 Å². The average molecular weight is 348 g/mol. The summed E-state index contributed by atoms with van der Waals surface area (Å²) in [6.07, 6.45) is 10.3. The third kappa shape index (κ3) is 3.88. The van der Waals surface area contributed by atoms with E-state index in [0.717, 1.165) is 5.56 Å². The van der Waals surface area contributed by atoms with Gasteiger partial charge >= 0.3 is 0 Å². The van der Waals surface area contributed by atoms with Crippen LogP contribution in [0.5, 0.6) is 0 Å². The Hall–Kier alpha value is -3.45. The molecule has 0 saturated carbocycles. The first-order valence-corrected chi connectivity index (χ1v) is 9.13. The van der Waals surface area contributed by atoms with Crippen LogP contribution in [-0.2, 0) is 0 Å². The molecule has 1 heteroatoms. The zero-order chi connectivity index (χ0) is 18.5. The number of carbonyl (C=O) groups is 1. The van der Waals surface area contributed by atoms with Gasteiger partial charge in [-0.15, -0.1) is 0 Å². The van der Waals surface area contributed by atoms with Crippen LogP contribution in [0, 0.1) is 0 Å². The Morgan fingerprint density at radius 2 is 1.44 bits per heavy atom. The number of benzene rings is 3. The zero-order valence-electron chi connectivity index (χ0n) is 15.0. The van der Waals surface area contributed by atoms with E-state index in [2.05, 4.69) is 54.6 Å². The second-order valence-electron chi connectivity index (χ2n) is 6.57. The average Bonchev–Trinajstić information content (AvgIpc) is 3.23. The molecular formula is C26H20O. The van der Waals surface area contributed by atoms with Crippen molar-refractivity contribution in [1.82, 2.24) is 0 Å². The number of carbonyl (C=O) groups excluding carboxylic acids is 1. The summed E-state index contributed by atoms with van der Waals surface area (Å²) in [5, 5.41) is 0. The van der Waals surface area contributed by atoms with Crippen LogP contribution in [0.4, 0.5) is 0 Å². The van der Waals surface area contributed by atoms with Crippen molar-refractivity contribution in [2.75, 3.05) is 0 Å². The number of allylic oxidation sites excluding steroid dienone is 5. The summed E-state index contributed by atoms with van der Waals surface area (Å²) in [5.74, 6) is 0.237. The lowest BCUT2D eigenvalue weighted by molar-refractivity contribution is 0.104. The molecule has 0 N–H and O–H groups in total. The number of rotatable bonds is 5. The van der Waals surface area contributed by atoms with Gasteiger partial charge in [-0.3, -0.25) is 4.79 Å². The highest BCUT2D eigenvalue weighted by Crippen LogP contribution is 2.33. The molecule has 0 saturated heterocycles. The number of hydrogen-bond donors (Lipinski definition) is 0. The van der Waals surface area contributed by atoms with Crippen LogP contribution in [0.3, 0.4) is 0 Å². The van der Waals surface area contributed by atoms with Crippen molar-refractivity contribution < 1.29 is 4.79 Å². The molecule has 0 heterocycles. The molecule has 0 amide bonds. The van der Waals surface area contributed by atoms with E-state index in [-0.39, 0.29) is 11.7 Å². The fourth-order valence-corrected chi connectivity index (χ4v) is 3.36. The molecule has 1 aliphatic carbocycles. The van der Waals surface area contributed by atoms with Crippen molar-refractivity contribution in [1.29, 1.82) is 0 Å². The van der Waals surface area contributed by atoms with Crippen molar-refractivity contribution in [3.63, 3.8) is 0 Å². The van der Waals surface area contributed by atoms with Crippen LogP contribution in [0.25, 0.3) is 11.6 Å². The fourth-order valence-electron chi connectivity index (χ4n) is 3.36. The van der Waals surface area contributed by atoms with Gasteiger partial charge in [0, 0.05) is 11.5 Å². The second kappa shape index (κ2) is 7.84. The monoisotopic (exact) mass is 348 g/mol. The van der Waals surface area contributed by atoms with Gasteiger partial charge in [0.2, 0.25) is 0 Å². The van der Waals surface area contributed by atoms with E-state index in [4.69, 9.17) is 0 Å². The van der Waals surface area contributed by atoms with E-state index in [0.29, 0.717) is 5.56 Å². The molecule has 3 aromatic carbocycles. The Bertz CT molecular complexity index is 1020. The van der Waals surface area contributed by atoms with Gasteiger partial charge in [0.25, 0.3) is 0 Å². The van der Waals surface area contributed by atoms with Crippen LogP contribution < -0.4 is 0 Å². The van der Waals surface area contributed by atoms with Crippen LogP contribution in [0.2, 0.25) is 0 Å². The molecule has 0 aromatic heterocycles. The number of ketones is 1. The maximum atomic E-state index is 12.4. The molecule has 3 aromatic rings. The van der Waals surface area contributed by atoms with Gasteiger partial charge in [0.15, 0.2) is 5.78 Å². The van der Waals surface area contributed by atoms with E-state index in [1.165, 1.54) is 16.7 Å². The fraction of sp³-hybridized carbons (Fsp3) is 0.0385. The van der Waals surface area contributed by atoms with Crippen molar-refractivity contribution in [2.45, 2.75) is 5.92 Å². The lowest BCUT2D eigenvalue weighted by Crippen LogP contribution is -1.95. The lowest BCUT2D eigenvalue weighted by Gasteiger charge is -2.10. The Morgan fingerprint density at radius 1 is 0.778 bits per heavy atom. The Balaban J connectivity index is 1.59. The molecule has 130 valence electrons. The molecule has 1 unspecified atom stereocenters. The molecule has 1 aliphatic rings. The summed E-state index contributed by atoms with van der Waals surface area (Å²) >= 11 is 0. The maximum absolute atomic E-state index is 12.4. The van der Waals surface area contributed by atoms with Gasteiger partial charge in [-0.25, -0.2) is 0 Å². The molecule has 1 nitrogen and oxygen atoms in total.